The maximum atomic E-state index is 12.6. The van der Waals surface area contributed by atoms with Crippen LogP contribution in [0.25, 0.3) is 5.57 Å². The highest BCUT2D eigenvalue weighted by Gasteiger charge is 2.35. The summed E-state index contributed by atoms with van der Waals surface area (Å²) in [5.74, 6) is 0.873. The Morgan fingerprint density at radius 2 is 1.79 bits per heavy atom. The van der Waals surface area contributed by atoms with Crippen LogP contribution in [0.5, 0.6) is 0 Å². The number of carbonyl (C=O) groups is 1. The molecule has 0 spiro atoms. The van der Waals surface area contributed by atoms with Gasteiger partial charge in [-0.1, -0.05) is 55.5 Å². The SMILES string of the molecule is CCCC(=O)C[C@@H](c1ccccc1)[C@@H]1CSc2ccccc2C1=C(C#N)C#N. The molecule has 1 heterocycles. The van der Waals surface area contributed by atoms with Gasteiger partial charge in [-0.25, -0.2) is 0 Å². The van der Waals surface area contributed by atoms with Crippen molar-refractivity contribution >= 4 is 23.1 Å². The molecule has 4 heteroatoms. The van der Waals surface area contributed by atoms with Gasteiger partial charge in [0, 0.05) is 29.4 Å². The molecule has 1 aliphatic heterocycles. The average Bonchev–Trinajstić information content (AvgIpc) is 2.74. The van der Waals surface area contributed by atoms with Gasteiger partial charge < -0.3 is 0 Å². The molecule has 140 valence electrons. The summed E-state index contributed by atoms with van der Waals surface area (Å²) >= 11 is 1.74. The first-order valence-electron chi connectivity index (χ1n) is 9.52. The van der Waals surface area contributed by atoms with Crippen molar-refractivity contribution in [1.82, 2.24) is 0 Å². The predicted octanol–water partition coefficient (Wildman–Crippen LogP) is 5.75. The topological polar surface area (TPSA) is 64.7 Å². The molecule has 3 nitrogen and oxygen atoms in total. The van der Waals surface area contributed by atoms with E-state index in [4.69, 9.17) is 0 Å². The highest BCUT2D eigenvalue weighted by Crippen LogP contribution is 2.48. The van der Waals surface area contributed by atoms with Crippen LogP contribution in [-0.4, -0.2) is 11.5 Å². The van der Waals surface area contributed by atoms with Gasteiger partial charge in [-0.05, 0) is 35.1 Å². The third-order valence-corrected chi connectivity index (χ3v) is 6.34. The third-order valence-electron chi connectivity index (χ3n) is 5.15. The zero-order chi connectivity index (χ0) is 19.9. The zero-order valence-electron chi connectivity index (χ0n) is 15.9. The van der Waals surface area contributed by atoms with Crippen molar-refractivity contribution in [3.63, 3.8) is 0 Å². The molecule has 1 aliphatic rings. The Morgan fingerprint density at radius 3 is 2.46 bits per heavy atom. The van der Waals surface area contributed by atoms with E-state index in [1.807, 2.05) is 61.5 Å². The molecule has 0 saturated heterocycles. The lowest BCUT2D eigenvalue weighted by molar-refractivity contribution is -0.119. The molecule has 0 amide bonds. The number of hydrogen-bond acceptors (Lipinski definition) is 4. The minimum absolute atomic E-state index is 0.0483. The molecule has 0 unspecified atom stereocenters. The maximum Gasteiger partial charge on any atom is 0.133 e. The summed E-state index contributed by atoms with van der Waals surface area (Å²) in [6, 6.07) is 22.1. The van der Waals surface area contributed by atoms with Gasteiger partial charge in [0.25, 0.3) is 0 Å². The summed E-state index contributed by atoms with van der Waals surface area (Å²) in [6.07, 6.45) is 1.81. The van der Waals surface area contributed by atoms with Crippen molar-refractivity contribution < 1.29 is 4.79 Å². The van der Waals surface area contributed by atoms with Gasteiger partial charge >= 0.3 is 0 Å². The van der Waals surface area contributed by atoms with Gasteiger partial charge in [0.1, 0.15) is 23.5 Å². The number of benzene rings is 2. The number of allylic oxidation sites excluding steroid dienone is 2. The van der Waals surface area contributed by atoms with Crippen molar-refractivity contribution in [1.29, 1.82) is 10.5 Å². The Hall–Kier alpha value is -2.82. The summed E-state index contributed by atoms with van der Waals surface area (Å²) in [5, 5.41) is 19.3. The highest BCUT2D eigenvalue weighted by atomic mass is 32.2. The van der Waals surface area contributed by atoms with Gasteiger partial charge in [0.15, 0.2) is 0 Å². The van der Waals surface area contributed by atoms with E-state index in [1.54, 1.807) is 11.8 Å². The normalized spacial score (nSPS) is 16.4. The number of ketones is 1. The highest BCUT2D eigenvalue weighted by molar-refractivity contribution is 7.99. The van der Waals surface area contributed by atoms with E-state index in [1.165, 1.54) is 0 Å². The van der Waals surface area contributed by atoms with Gasteiger partial charge in [-0.15, -0.1) is 11.8 Å². The summed E-state index contributed by atoms with van der Waals surface area (Å²) in [6.45, 7) is 2.01. The zero-order valence-corrected chi connectivity index (χ0v) is 16.7. The quantitative estimate of drug-likeness (QED) is 0.593. The van der Waals surface area contributed by atoms with Crippen LogP contribution in [0.4, 0.5) is 0 Å². The van der Waals surface area contributed by atoms with E-state index in [2.05, 4.69) is 12.1 Å². The molecular weight excluding hydrogens is 364 g/mol. The van der Waals surface area contributed by atoms with Crippen molar-refractivity contribution in [3.05, 3.63) is 71.3 Å². The Kier molecular flexibility index (Phi) is 6.69. The number of rotatable bonds is 6. The molecule has 2 aromatic carbocycles. The van der Waals surface area contributed by atoms with Crippen LogP contribution in [0.2, 0.25) is 0 Å². The first-order chi connectivity index (χ1) is 13.7. The Balaban J connectivity index is 2.13. The molecule has 0 fully saturated rings. The fraction of sp³-hybridized carbons (Fsp3) is 0.292. The molecule has 0 radical (unpaired) electrons. The van der Waals surface area contributed by atoms with Crippen molar-refractivity contribution in [3.8, 4) is 12.1 Å². The number of fused-ring (bicyclic) bond motifs is 1. The molecule has 0 saturated carbocycles. The van der Waals surface area contributed by atoms with E-state index in [0.29, 0.717) is 12.8 Å². The summed E-state index contributed by atoms with van der Waals surface area (Å²) < 4.78 is 0. The van der Waals surface area contributed by atoms with Gasteiger partial charge in [-0.2, -0.15) is 10.5 Å². The molecule has 0 aliphatic carbocycles. The van der Waals surface area contributed by atoms with Crippen LogP contribution in [0.15, 0.2) is 65.1 Å². The number of Topliss-reactive ketones (excluding diaryl/α,β-unsaturated/α-hetero) is 1. The summed E-state index contributed by atoms with van der Waals surface area (Å²) in [4.78, 5) is 13.7. The number of nitriles is 2. The Labute approximate surface area is 170 Å². The van der Waals surface area contributed by atoms with Crippen LogP contribution in [0.3, 0.4) is 0 Å². The van der Waals surface area contributed by atoms with E-state index in [0.717, 1.165) is 33.8 Å². The fourth-order valence-corrected chi connectivity index (χ4v) is 5.15. The molecular formula is C24H22N2OS. The molecule has 0 aromatic heterocycles. The number of hydrogen-bond donors (Lipinski definition) is 0. The largest absolute Gasteiger partial charge is 0.300 e. The second-order valence-corrected chi connectivity index (χ2v) is 8.00. The Morgan fingerprint density at radius 1 is 1.11 bits per heavy atom. The second kappa shape index (κ2) is 9.40. The van der Waals surface area contributed by atoms with Crippen molar-refractivity contribution in [2.24, 2.45) is 5.92 Å². The molecule has 0 N–H and O–H groups in total. The lowest BCUT2D eigenvalue weighted by atomic mass is 9.75. The maximum absolute atomic E-state index is 12.6. The Bertz CT molecular complexity index is 950. The van der Waals surface area contributed by atoms with Gasteiger partial charge in [-0.3, -0.25) is 4.79 Å². The first-order valence-corrected chi connectivity index (χ1v) is 10.5. The van der Waals surface area contributed by atoms with Crippen LogP contribution >= 0.6 is 11.8 Å². The lowest BCUT2D eigenvalue weighted by Crippen LogP contribution is -2.24. The predicted molar refractivity (Wildman–Crippen MR) is 113 cm³/mol. The first kappa shape index (κ1) is 19.9. The smallest absolute Gasteiger partial charge is 0.133 e. The second-order valence-electron chi connectivity index (χ2n) is 6.94. The van der Waals surface area contributed by atoms with Gasteiger partial charge in [0.05, 0.1) is 0 Å². The number of carbonyl (C=O) groups excluding carboxylic acids is 1. The lowest BCUT2D eigenvalue weighted by Gasteiger charge is -2.34. The van der Waals surface area contributed by atoms with Crippen LogP contribution < -0.4 is 0 Å². The van der Waals surface area contributed by atoms with E-state index < -0.39 is 0 Å². The number of nitrogens with zero attached hydrogens (tertiary/aromatic N) is 2. The molecule has 2 aromatic rings. The van der Waals surface area contributed by atoms with Crippen molar-refractivity contribution in [2.75, 3.05) is 5.75 Å². The summed E-state index contributed by atoms with van der Waals surface area (Å²) in [5.41, 5.74) is 2.98. The van der Waals surface area contributed by atoms with Crippen LogP contribution in [-0.2, 0) is 4.79 Å². The van der Waals surface area contributed by atoms with Crippen molar-refractivity contribution in [2.45, 2.75) is 37.0 Å². The molecule has 0 bridgehead atoms. The van der Waals surface area contributed by atoms with E-state index in [-0.39, 0.29) is 23.2 Å². The summed E-state index contributed by atoms with van der Waals surface area (Å²) in [7, 11) is 0. The van der Waals surface area contributed by atoms with Crippen LogP contribution in [0.1, 0.15) is 43.2 Å². The molecule has 28 heavy (non-hydrogen) atoms. The van der Waals surface area contributed by atoms with Crippen LogP contribution in [0, 0.1) is 28.6 Å². The molecule has 2 atom stereocenters. The monoisotopic (exact) mass is 386 g/mol. The molecule has 3 rings (SSSR count). The minimum atomic E-state index is -0.0580. The van der Waals surface area contributed by atoms with E-state index >= 15 is 0 Å². The van der Waals surface area contributed by atoms with Gasteiger partial charge in [0.2, 0.25) is 0 Å². The minimum Gasteiger partial charge on any atom is -0.300 e. The van der Waals surface area contributed by atoms with E-state index in [9.17, 15) is 15.3 Å². The standard InChI is InChI=1S/C24H22N2OS/c1-2-8-19(27)13-21(17-9-4-3-5-10-17)22-16-28-23-12-7-6-11-20(23)24(22)18(14-25)15-26/h3-7,9-12,21-22H,2,8,13,16H2,1H3/t21-,22-/m0/s1. The fourth-order valence-electron chi connectivity index (χ4n) is 3.88. The number of thioether (sulfide) groups is 1. The average molecular weight is 387 g/mol. The third kappa shape index (κ3) is 4.19.